The molecule has 1 aromatic heterocycles. The average molecular weight is 345 g/mol. The first-order valence-corrected chi connectivity index (χ1v) is 7.95. The third kappa shape index (κ3) is 3.24. The molecule has 25 heavy (non-hydrogen) atoms. The predicted octanol–water partition coefficient (Wildman–Crippen LogP) is 5.26. The van der Waals surface area contributed by atoms with Crippen molar-refractivity contribution in [1.82, 2.24) is 4.98 Å². The molecule has 0 aliphatic heterocycles. The molecule has 2 aromatic carbocycles. The second-order valence-corrected chi connectivity index (χ2v) is 6.36. The molecule has 2 nitrogen and oxygen atoms in total. The molecule has 0 spiro atoms. The van der Waals surface area contributed by atoms with E-state index in [-0.39, 0.29) is 0 Å². The van der Waals surface area contributed by atoms with Crippen LogP contribution in [0.4, 0.5) is 13.2 Å². The standard InChI is InChI=1S/C20H18F3NO/c1-13(18-17-6-4-3-5-14(17)11-12-24-18)19(2,25)15-7-9-16(10-8-15)20(21,22)23/h3-13,25H,1-2H3/t13-,19+/m0/s1. The van der Waals surface area contributed by atoms with Gasteiger partial charge in [0.15, 0.2) is 0 Å². The second kappa shape index (κ2) is 6.15. The Bertz CT molecular complexity index is 880. The number of halogens is 3. The minimum atomic E-state index is -4.40. The van der Waals surface area contributed by atoms with Crippen LogP contribution in [-0.2, 0) is 11.8 Å². The van der Waals surface area contributed by atoms with Crippen LogP contribution in [-0.4, -0.2) is 10.1 Å². The number of aliphatic hydroxyl groups is 1. The van der Waals surface area contributed by atoms with Gasteiger partial charge in [0.2, 0.25) is 0 Å². The van der Waals surface area contributed by atoms with Crippen molar-refractivity contribution in [2.75, 3.05) is 0 Å². The fraction of sp³-hybridized carbons (Fsp3) is 0.250. The maximum Gasteiger partial charge on any atom is 0.416 e. The van der Waals surface area contributed by atoms with E-state index in [1.165, 1.54) is 12.1 Å². The van der Waals surface area contributed by atoms with E-state index in [2.05, 4.69) is 4.98 Å². The van der Waals surface area contributed by atoms with Crippen molar-refractivity contribution >= 4 is 10.8 Å². The average Bonchev–Trinajstić information content (AvgIpc) is 2.60. The molecular weight excluding hydrogens is 327 g/mol. The Kier molecular flexibility index (Phi) is 4.29. The zero-order valence-electron chi connectivity index (χ0n) is 13.9. The summed E-state index contributed by atoms with van der Waals surface area (Å²) in [5.74, 6) is -0.407. The lowest BCUT2D eigenvalue weighted by Crippen LogP contribution is -2.29. The lowest BCUT2D eigenvalue weighted by molar-refractivity contribution is -0.137. The third-order valence-corrected chi connectivity index (χ3v) is 4.75. The zero-order valence-corrected chi connectivity index (χ0v) is 13.9. The maximum absolute atomic E-state index is 12.7. The molecule has 0 saturated carbocycles. The number of fused-ring (bicyclic) bond motifs is 1. The Morgan fingerprint density at radius 3 is 2.16 bits per heavy atom. The topological polar surface area (TPSA) is 33.1 Å². The van der Waals surface area contributed by atoms with Crippen LogP contribution in [0.5, 0.6) is 0 Å². The minimum Gasteiger partial charge on any atom is -0.385 e. The number of aromatic nitrogens is 1. The van der Waals surface area contributed by atoms with E-state index in [1.54, 1.807) is 13.1 Å². The number of pyridine rings is 1. The summed E-state index contributed by atoms with van der Waals surface area (Å²) < 4.78 is 38.2. The van der Waals surface area contributed by atoms with E-state index in [0.717, 1.165) is 22.9 Å². The predicted molar refractivity (Wildman–Crippen MR) is 91.2 cm³/mol. The van der Waals surface area contributed by atoms with Gasteiger partial charge in [0.1, 0.15) is 0 Å². The molecule has 0 fully saturated rings. The molecule has 0 radical (unpaired) electrons. The van der Waals surface area contributed by atoms with Gasteiger partial charge >= 0.3 is 6.18 Å². The van der Waals surface area contributed by atoms with Crippen LogP contribution in [0.15, 0.2) is 60.8 Å². The van der Waals surface area contributed by atoms with Crippen molar-refractivity contribution < 1.29 is 18.3 Å². The molecule has 5 heteroatoms. The summed E-state index contributed by atoms with van der Waals surface area (Å²) in [6, 6.07) is 14.2. The molecule has 0 amide bonds. The molecule has 0 aliphatic carbocycles. The minimum absolute atomic E-state index is 0.407. The summed E-state index contributed by atoms with van der Waals surface area (Å²) in [5.41, 5.74) is -0.963. The summed E-state index contributed by atoms with van der Waals surface area (Å²) in [6.07, 6.45) is -2.72. The van der Waals surface area contributed by atoms with E-state index >= 15 is 0 Å². The van der Waals surface area contributed by atoms with E-state index < -0.39 is 23.3 Å². The van der Waals surface area contributed by atoms with Crippen molar-refractivity contribution in [2.24, 2.45) is 0 Å². The van der Waals surface area contributed by atoms with Crippen LogP contribution >= 0.6 is 0 Å². The lowest BCUT2D eigenvalue weighted by atomic mass is 9.80. The molecule has 0 bridgehead atoms. The summed E-state index contributed by atoms with van der Waals surface area (Å²) in [5, 5.41) is 13.0. The first kappa shape index (κ1) is 17.4. The van der Waals surface area contributed by atoms with Crippen LogP contribution in [0.3, 0.4) is 0 Å². The van der Waals surface area contributed by atoms with E-state index in [0.29, 0.717) is 11.3 Å². The molecule has 1 heterocycles. The smallest absolute Gasteiger partial charge is 0.385 e. The Hall–Kier alpha value is -2.40. The van der Waals surface area contributed by atoms with E-state index in [4.69, 9.17) is 0 Å². The van der Waals surface area contributed by atoms with Crippen LogP contribution in [0.1, 0.15) is 36.6 Å². The second-order valence-electron chi connectivity index (χ2n) is 6.36. The highest BCUT2D eigenvalue weighted by atomic mass is 19.4. The monoisotopic (exact) mass is 345 g/mol. The van der Waals surface area contributed by atoms with Gasteiger partial charge in [-0.15, -0.1) is 0 Å². The van der Waals surface area contributed by atoms with Gasteiger partial charge < -0.3 is 5.11 Å². The SMILES string of the molecule is C[C@@H](c1nccc2ccccc12)[C@@](C)(O)c1ccc(C(F)(F)F)cc1. The fourth-order valence-corrected chi connectivity index (χ4v) is 3.00. The van der Waals surface area contributed by atoms with Crippen molar-refractivity contribution in [3.8, 4) is 0 Å². The Balaban J connectivity index is 2.01. The van der Waals surface area contributed by atoms with Crippen molar-refractivity contribution in [2.45, 2.75) is 31.5 Å². The van der Waals surface area contributed by atoms with Crippen molar-refractivity contribution in [3.63, 3.8) is 0 Å². The van der Waals surface area contributed by atoms with Crippen LogP contribution in [0.25, 0.3) is 10.8 Å². The van der Waals surface area contributed by atoms with Crippen molar-refractivity contribution in [3.05, 3.63) is 77.6 Å². The van der Waals surface area contributed by atoms with E-state index in [9.17, 15) is 18.3 Å². The summed E-state index contributed by atoms with van der Waals surface area (Å²) in [7, 11) is 0. The molecule has 130 valence electrons. The molecule has 3 aromatic rings. The number of nitrogens with zero attached hydrogens (tertiary/aromatic N) is 1. The van der Waals surface area contributed by atoms with Gasteiger partial charge in [-0.3, -0.25) is 4.98 Å². The summed E-state index contributed by atoms with van der Waals surface area (Å²) >= 11 is 0. The Labute approximate surface area is 144 Å². The van der Waals surface area contributed by atoms with Gasteiger partial charge in [-0.2, -0.15) is 13.2 Å². The number of hydrogen-bond donors (Lipinski definition) is 1. The molecule has 0 unspecified atom stereocenters. The van der Waals surface area contributed by atoms with Gasteiger partial charge in [0.25, 0.3) is 0 Å². The lowest BCUT2D eigenvalue weighted by Gasteiger charge is -2.31. The van der Waals surface area contributed by atoms with Gasteiger partial charge in [-0.1, -0.05) is 43.3 Å². The summed E-state index contributed by atoms with van der Waals surface area (Å²) in [4.78, 5) is 4.42. The Morgan fingerprint density at radius 2 is 1.52 bits per heavy atom. The first-order valence-electron chi connectivity index (χ1n) is 7.95. The van der Waals surface area contributed by atoms with Gasteiger partial charge in [-0.05, 0) is 36.1 Å². The number of alkyl halides is 3. The van der Waals surface area contributed by atoms with Gasteiger partial charge in [0, 0.05) is 17.5 Å². The van der Waals surface area contributed by atoms with Crippen molar-refractivity contribution in [1.29, 1.82) is 0 Å². The molecule has 0 saturated heterocycles. The normalized spacial score (nSPS) is 15.8. The van der Waals surface area contributed by atoms with Crippen LogP contribution < -0.4 is 0 Å². The molecule has 0 aliphatic rings. The largest absolute Gasteiger partial charge is 0.416 e. The first-order chi connectivity index (χ1) is 11.7. The number of rotatable bonds is 3. The molecule has 2 atom stereocenters. The van der Waals surface area contributed by atoms with E-state index in [1.807, 2.05) is 37.3 Å². The fourth-order valence-electron chi connectivity index (χ4n) is 3.00. The molecule has 1 N–H and O–H groups in total. The number of hydrogen-bond acceptors (Lipinski definition) is 2. The van der Waals surface area contributed by atoms with Gasteiger partial charge in [-0.25, -0.2) is 0 Å². The highest BCUT2D eigenvalue weighted by Crippen LogP contribution is 2.39. The van der Waals surface area contributed by atoms with Crippen LogP contribution in [0.2, 0.25) is 0 Å². The maximum atomic E-state index is 12.7. The molecule has 3 rings (SSSR count). The third-order valence-electron chi connectivity index (χ3n) is 4.75. The number of benzene rings is 2. The zero-order chi connectivity index (χ0) is 18.2. The Morgan fingerprint density at radius 1 is 0.920 bits per heavy atom. The highest BCUT2D eigenvalue weighted by Gasteiger charge is 2.35. The quantitative estimate of drug-likeness (QED) is 0.702. The van der Waals surface area contributed by atoms with Crippen LogP contribution in [0, 0.1) is 0 Å². The molecular formula is C20H18F3NO. The summed E-state index contributed by atoms with van der Waals surface area (Å²) in [6.45, 7) is 3.43. The van der Waals surface area contributed by atoms with Gasteiger partial charge in [0.05, 0.1) is 16.9 Å². The highest BCUT2D eigenvalue weighted by molar-refractivity contribution is 5.84.